The largest absolute Gasteiger partial charge is 0.481 e. The first-order chi connectivity index (χ1) is 9.41. The van der Waals surface area contributed by atoms with Gasteiger partial charge in [-0.25, -0.2) is 4.98 Å². The highest BCUT2D eigenvalue weighted by atomic mass is 79.9. The van der Waals surface area contributed by atoms with Gasteiger partial charge in [0.2, 0.25) is 5.78 Å². The number of rotatable bonds is 2. The average molecular weight is 357 g/mol. The molecule has 3 rings (SSSR count). The molecule has 7 heteroatoms. The fraction of sp³-hybridized carbons (Fsp3) is 0.231. The molecule has 0 radical (unpaired) electrons. The molecule has 1 aromatic carbocycles. The number of fused-ring (bicyclic) bond motifs is 3. The molecular weight excluding hydrogens is 346 g/mol. The van der Waals surface area contributed by atoms with Crippen molar-refractivity contribution in [2.45, 2.75) is 13.3 Å². The number of halogens is 2. The number of benzene rings is 1. The molecule has 0 atom stereocenters. The molecule has 2 aromatic heterocycles. The van der Waals surface area contributed by atoms with Crippen LogP contribution in [0.1, 0.15) is 11.3 Å². The molecule has 0 unspecified atom stereocenters. The van der Waals surface area contributed by atoms with E-state index in [1.807, 2.05) is 23.5 Å². The van der Waals surface area contributed by atoms with Gasteiger partial charge in [0.25, 0.3) is 0 Å². The second kappa shape index (κ2) is 4.49. The van der Waals surface area contributed by atoms with E-state index in [2.05, 4.69) is 20.9 Å². The van der Waals surface area contributed by atoms with Crippen LogP contribution in [0.3, 0.4) is 0 Å². The lowest BCUT2D eigenvalue weighted by Crippen LogP contribution is -2.06. The Bertz CT molecular complexity index is 866. The lowest BCUT2D eigenvalue weighted by Gasteiger charge is -2.01. The summed E-state index contributed by atoms with van der Waals surface area (Å²) in [6, 6.07) is 3.71. The smallest absolute Gasteiger partial charge is 0.309 e. The molecule has 0 saturated heterocycles. The number of aliphatic carboxylic acids is 1. The quantitative estimate of drug-likeness (QED) is 0.767. The fourth-order valence-corrected chi connectivity index (χ4v) is 3.29. The monoisotopic (exact) mass is 355 g/mol. The van der Waals surface area contributed by atoms with Crippen LogP contribution in [0.4, 0.5) is 0 Å². The molecule has 0 saturated carbocycles. The van der Waals surface area contributed by atoms with E-state index in [1.165, 1.54) is 0 Å². The predicted octanol–water partition coefficient (Wildman–Crippen LogP) is 3.18. The number of carbonyl (C=O) groups is 1. The van der Waals surface area contributed by atoms with Crippen LogP contribution in [-0.2, 0) is 18.3 Å². The Morgan fingerprint density at radius 2 is 2.20 bits per heavy atom. The van der Waals surface area contributed by atoms with E-state index in [-0.39, 0.29) is 6.42 Å². The maximum Gasteiger partial charge on any atom is 0.309 e. The molecule has 0 aliphatic heterocycles. The number of carboxylic acid groups (broad SMARTS) is 1. The Hall–Kier alpha value is -1.53. The van der Waals surface area contributed by atoms with Crippen molar-refractivity contribution in [3.63, 3.8) is 0 Å². The van der Waals surface area contributed by atoms with Crippen molar-refractivity contribution in [1.82, 2.24) is 14.0 Å². The second-order valence-electron chi connectivity index (χ2n) is 4.65. The molecule has 1 N–H and O–H groups in total. The molecule has 0 aliphatic carbocycles. The Kier molecular flexibility index (Phi) is 3.02. The van der Waals surface area contributed by atoms with Crippen LogP contribution >= 0.6 is 27.5 Å². The van der Waals surface area contributed by atoms with Gasteiger partial charge in [0.05, 0.1) is 23.1 Å². The predicted molar refractivity (Wildman–Crippen MR) is 80.5 cm³/mol. The maximum atomic E-state index is 11.0. The highest BCUT2D eigenvalue weighted by molar-refractivity contribution is 9.10. The number of imidazole rings is 2. The Labute approximate surface area is 127 Å². The van der Waals surface area contributed by atoms with E-state index in [0.717, 1.165) is 16.6 Å². The van der Waals surface area contributed by atoms with Crippen molar-refractivity contribution in [3.8, 4) is 0 Å². The minimum Gasteiger partial charge on any atom is -0.481 e. The number of hydrogen-bond donors (Lipinski definition) is 1. The zero-order chi connectivity index (χ0) is 14.6. The summed E-state index contributed by atoms with van der Waals surface area (Å²) in [6.07, 6.45) is -0.0610. The van der Waals surface area contributed by atoms with E-state index in [0.29, 0.717) is 21.1 Å². The summed E-state index contributed by atoms with van der Waals surface area (Å²) in [6.45, 7) is 1.92. The first kappa shape index (κ1) is 13.5. The van der Waals surface area contributed by atoms with Gasteiger partial charge in [-0.3, -0.25) is 9.20 Å². The SMILES string of the molecule is Cc1c(Cl)ccc2c1nc1n(C)c(CC(=O)O)c(Br)n21. The van der Waals surface area contributed by atoms with Gasteiger partial charge in [-0.15, -0.1) is 0 Å². The second-order valence-corrected chi connectivity index (χ2v) is 5.81. The van der Waals surface area contributed by atoms with Crippen molar-refractivity contribution < 1.29 is 9.90 Å². The zero-order valence-electron chi connectivity index (χ0n) is 10.8. The molecule has 104 valence electrons. The van der Waals surface area contributed by atoms with E-state index >= 15 is 0 Å². The molecule has 0 bridgehead atoms. The van der Waals surface area contributed by atoms with E-state index in [4.69, 9.17) is 16.7 Å². The number of carboxylic acids is 1. The molecule has 5 nitrogen and oxygen atoms in total. The molecule has 0 amide bonds. The summed E-state index contributed by atoms with van der Waals surface area (Å²) < 4.78 is 4.39. The third-order valence-electron chi connectivity index (χ3n) is 3.45. The standard InChI is InChI=1S/C13H11BrClN3O2/c1-6-7(15)3-4-8-11(6)16-13-17(2)9(5-10(19)20)12(14)18(8)13/h3-4H,5H2,1-2H3,(H,19,20). The highest BCUT2D eigenvalue weighted by Gasteiger charge is 2.20. The molecule has 2 heterocycles. The van der Waals surface area contributed by atoms with Gasteiger partial charge in [-0.05, 0) is 40.5 Å². The van der Waals surface area contributed by atoms with Gasteiger partial charge in [-0.1, -0.05) is 11.6 Å². The van der Waals surface area contributed by atoms with Crippen LogP contribution in [0.15, 0.2) is 16.7 Å². The van der Waals surface area contributed by atoms with Crippen molar-refractivity contribution >= 4 is 50.3 Å². The van der Waals surface area contributed by atoms with Crippen LogP contribution < -0.4 is 0 Å². The molecule has 0 fully saturated rings. The minimum absolute atomic E-state index is 0.0610. The van der Waals surface area contributed by atoms with Crippen LogP contribution in [0.2, 0.25) is 5.02 Å². The zero-order valence-corrected chi connectivity index (χ0v) is 13.2. The van der Waals surface area contributed by atoms with E-state index in [9.17, 15) is 4.79 Å². The van der Waals surface area contributed by atoms with Gasteiger partial charge in [0, 0.05) is 12.1 Å². The van der Waals surface area contributed by atoms with Gasteiger partial charge in [-0.2, -0.15) is 0 Å². The maximum absolute atomic E-state index is 11.0. The third-order valence-corrected chi connectivity index (χ3v) is 4.68. The number of nitrogens with zero attached hydrogens (tertiary/aromatic N) is 3. The summed E-state index contributed by atoms with van der Waals surface area (Å²) in [7, 11) is 1.81. The topological polar surface area (TPSA) is 59.5 Å². The van der Waals surface area contributed by atoms with Crippen LogP contribution in [-0.4, -0.2) is 25.0 Å². The van der Waals surface area contributed by atoms with Crippen molar-refractivity contribution in [2.24, 2.45) is 7.05 Å². The summed E-state index contributed by atoms with van der Waals surface area (Å²) >= 11 is 9.60. The molecule has 20 heavy (non-hydrogen) atoms. The van der Waals surface area contributed by atoms with Crippen molar-refractivity contribution in [1.29, 1.82) is 0 Å². The van der Waals surface area contributed by atoms with Crippen LogP contribution in [0, 0.1) is 6.92 Å². The van der Waals surface area contributed by atoms with E-state index < -0.39 is 5.97 Å². The van der Waals surface area contributed by atoms with Gasteiger partial charge in [0.15, 0.2) is 0 Å². The lowest BCUT2D eigenvalue weighted by atomic mass is 10.2. The summed E-state index contributed by atoms with van der Waals surface area (Å²) in [4.78, 5) is 15.5. The lowest BCUT2D eigenvalue weighted by molar-refractivity contribution is -0.136. The normalized spacial score (nSPS) is 11.6. The Morgan fingerprint density at radius 3 is 2.85 bits per heavy atom. The van der Waals surface area contributed by atoms with Crippen LogP contribution in [0.25, 0.3) is 16.8 Å². The number of aryl methyl sites for hydroxylation is 2. The molecule has 3 aromatic rings. The summed E-state index contributed by atoms with van der Waals surface area (Å²) in [5, 5.41) is 9.66. The minimum atomic E-state index is -0.877. The first-order valence-corrected chi connectivity index (χ1v) is 7.11. The van der Waals surface area contributed by atoms with Gasteiger partial charge in [0.1, 0.15) is 4.60 Å². The van der Waals surface area contributed by atoms with Crippen molar-refractivity contribution in [3.05, 3.63) is 33.0 Å². The molecular formula is C13H11BrClN3O2. The average Bonchev–Trinajstić information content (AvgIpc) is 2.87. The van der Waals surface area contributed by atoms with Gasteiger partial charge < -0.3 is 9.67 Å². The number of aromatic nitrogens is 3. The van der Waals surface area contributed by atoms with Gasteiger partial charge >= 0.3 is 5.97 Å². The Balaban J connectivity index is 2.41. The van der Waals surface area contributed by atoms with Crippen molar-refractivity contribution in [2.75, 3.05) is 0 Å². The molecule has 0 aliphatic rings. The fourth-order valence-electron chi connectivity index (χ4n) is 2.38. The third kappa shape index (κ3) is 1.75. The molecule has 0 spiro atoms. The summed E-state index contributed by atoms with van der Waals surface area (Å²) in [5.41, 5.74) is 3.32. The van der Waals surface area contributed by atoms with E-state index in [1.54, 1.807) is 11.6 Å². The number of hydrogen-bond acceptors (Lipinski definition) is 2. The first-order valence-electron chi connectivity index (χ1n) is 5.94. The van der Waals surface area contributed by atoms with Crippen LogP contribution in [0.5, 0.6) is 0 Å². The Morgan fingerprint density at radius 1 is 1.50 bits per heavy atom. The summed E-state index contributed by atoms with van der Waals surface area (Å²) in [5.74, 6) is -0.188. The highest BCUT2D eigenvalue weighted by Crippen LogP contribution is 2.31.